The van der Waals surface area contributed by atoms with Gasteiger partial charge in [-0.2, -0.15) is 0 Å². The largest absolute Gasteiger partial charge is 0.366 e. The van der Waals surface area contributed by atoms with E-state index in [1.807, 2.05) is 0 Å². The monoisotopic (exact) mass is 244 g/mol. The number of nitrogens with zero attached hydrogens (tertiary/aromatic N) is 1. The van der Waals surface area contributed by atoms with E-state index in [1.165, 1.54) is 6.33 Å². The van der Waals surface area contributed by atoms with Crippen molar-refractivity contribution >= 4 is 17.5 Å². The molecule has 0 saturated heterocycles. The number of primary amides is 1. The van der Waals surface area contributed by atoms with Gasteiger partial charge in [-0.3, -0.25) is 9.59 Å². The van der Waals surface area contributed by atoms with Crippen LogP contribution >= 0.6 is 0 Å². The number of hydrogen-bond acceptors (Lipinski definition) is 3. The molecule has 4 N–H and O–H groups in total. The van der Waals surface area contributed by atoms with Gasteiger partial charge in [-0.25, -0.2) is 4.98 Å². The Hall–Kier alpha value is -2.63. The van der Waals surface area contributed by atoms with Crippen molar-refractivity contribution in [2.45, 2.75) is 6.92 Å². The number of anilines is 1. The van der Waals surface area contributed by atoms with E-state index in [9.17, 15) is 9.59 Å². The number of H-pyrrole nitrogens is 1. The number of hydrogen-bond donors (Lipinski definition) is 3. The highest BCUT2D eigenvalue weighted by Crippen LogP contribution is 2.11. The Labute approximate surface area is 103 Å². The molecule has 0 atom stereocenters. The van der Waals surface area contributed by atoms with Crippen molar-refractivity contribution in [3.63, 3.8) is 0 Å². The Morgan fingerprint density at radius 3 is 2.44 bits per heavy atom. The van der Waals surface area contributed by atoms with Crippen LogP contribution in [0.25, 0.3) is 0 Å². The van der Waals surface area contributed by atoms with Crippen molar-refractivity contribution in [1.82, 2.24) is 9.97 Å². The molecule has 0 spiro atoms. The second-order valence-corrected chi connectivity index (χ2v) is 3.77. The van der Waals surface area contributed by atoms with Crippen molar-refractivity contribution in [3.8, 4) is 0 Å². The van der Waals surface area contributed by atoms with E-state index in [-0.39, 0.29) is 5.91 Å². The number of imidazole rings is 1. The third-order valence-electron chi connectivity index (χ3n) is 2.47. The van der Waals surface area contributed by atoms with E-state index in [0.717, 1.165) is 0 Å². The molecule has 1 heterocycles. The van der Waals surface area contributed by atoms with Crippen molar-refractivity contribution in [2.24, 2.45) is 5.73 Å². The Balaban J connectivity index is 2.13. The van der Waals surface area contributed by atoms with Gasteiger partial charge in [0.15, 0.2) is 0 Å². The fraction of sp³-hybridized carbons (Fsp3) is 0.0833. The summed E-state index contributed by atoms with van der Waals surface area (Å²) < 4.78 is 0. The number of benzene rings is 1. The van der Waals surface area contributed by atoms with E-state index in [2.05, 4.69) is 15.3 Å². The fourth-order valence-corrected chi connectivity index (χ4v) is 1.50. The summed E-state index contributed by atoms with van der Waals surface area (Å²) in [6.45, 7) is 1.76. The van der Waals surface area contributed by atoms with Crippen LogP contribution in [0.15, 0.2) is 30.6 Å². The second kappa shape index (κ2) is 4.70. The standard InChI is InChI=1S/C12H12N4O2/c1-7-10(15-6-14-7)12(18)16-9-4-2-8(3-5-9)11(13)17/h2-6H,1H3,(H2,13,17)(H,14,15)(H,16,18). The lowest BCUT2D eigenvalue weighted by Crippen LogP contribution is -2.14. The Bertz CT molecular complexity index is 586. The van der Waals surface area contributed by atoms with Crippen LogP contribution in [-0.2, 0) is 0 Å². The molecule has 0 bridgehead atoms. The number of carbonyl (C=O) groups excluding carboxylic acids is 2. The summed E-state index contributed by atoms with van der Waals surface area (Å²) >= 11 is 0. The summed E-state index contributed by atoms with van der Waals surface area (Å²) in [5.74, 6) is -0.809. The Morgan fingerprint density at radius 1 is 1.28 bits per heavy atom. The minimum absolute atomic E-state index is 0.305. The molecule has 0 radical (unpaired) electrons. The average Bonchev–Trinajstić information content (AvgIpc) is 2.76. The maximum Gasteiger partial charge on any atom is 0.276 e. The first-order valence-electron chi connectivity index (χ1n) is 5.29. The number of aromatic nitrogens is 2. The lowest BCUT2D eigenvalue weighted by Gasteiger charge is -2.04. The lowest BCUT2D eigenvalue weighted by molar-refractivity contribution is 0.0997. The van der Waals surface area contributed by atoms with Gasteiger partial charge in [0, 0.05) is 16.9 Å². The molecule has 6 nitrogen and oxygen atoms in total. The summed E-state index contributed by atoms with van der Waals surface area (Å²) in [5.41, 5.74) is 7.13. The van der Waals surface area contributed by atoms with E-state index in [0.29, 0.717) is 22.6 Å². The van der Waals surface area contributed by atoms with Crippen molar-refractivity contribution in [2.75, 3.05) is 5.32 Å². The Kier molecular flexibility index (Phi) is 3.09. The summed E-state index contributed by atoms with van der Waals surface area (Å²) in [4.78, 5) is 29.5. The fourth-order valence-electron chi connectivity index (χ4n) is 1.50. The van der Waals surface area contributed by atoms with Gasteiger partial charge < -0.3 is 16.0 Å². The zero-order chi connectivity index (χ0) is 13.1. The maximum absolute atomic E-state index is 11.8. The highest BCUT2D eigenvalue weighted by atomic mass is 16.2. The predicted octanol–water partition coefficient (Wildman–Crippen LogP) is 1.07. The first kappa shape index (κ1) is 11.8. The van der Waals surface area contributed by atoms with Crippen LogP contribution in [0.4, 0.5) is 5.69 Å². The number of aromatic amines is 1. The molecular weight excluding hydrogens is 232 g/mol. The molecule has 1 aromatic heterocycles. The normalized spacial score (nSPS) is 10.1. The van der Waals surface area contributed by atoms with Crippen molar-refractivity contribution < 1.29 is 9.59 Å². The van der Waals surface area contributed by atoms with Crippen LogP contribution < -0.4 is 11.1 Å². The van der Waals surface area contributed by atoms with Crippen LogP contribution in [-0.4, -0.2) is 21.8 Å². The molecule has 0 aliphatic carbocycles. The number of amides is 2. The minimum atomic E-state index is -0.504. The first-order valence-corrected chi connectivity index (χ1v) is 5.29. The Morgan fingerprint density at radius 2 is 1.94 bits per heavy atom. The van der Waals surface area contributed by atoms with Crippen molar-refractivity contribution in [1.29, 1.82) is 0 Å². The molecule has 2 aromatic rings. The minimum Gasteiger partial charge on any atom is -0.366 e. The molecule has 1 aromatic carbocycles. The van der Waals surface area contributed by atoms with Gasteiger partial charge in [0.25, 0.3) is 5.91 Å². The topological polar surface area (TPSA) is 101 Å². The number of nitrogens with two attached hydrogens (primary N) is 1. The summed E-state index contributed by atoms with van der Waals surface area (Å²) in [7, 11) is 0. The van der Waals surface area contributed by atoms with Gasteiger partial charge >= 0.3 is 0 Å². The van der Waals surface area contributed by atoms with E-state index in [1.54, 1.807) is 31.2 Å². The van der Waals surface area contributed by atoms with Gasteiger partial charge in [-0.05, 0) is 31.2 Å². The summed E-state index contributed by atoms with van der Waals surface area (Å²) in [6.07, 6.45) is 1.46. The maximum atomic E-state index is 11.8. The number of rotatable bonds is 3. The van der Waals surface area contributed by atoms with Crippen LogP contribution in [0.1, 0.15) is 26.5 Å². The molecule has 18 heavy (non-hydrogen) atoms. The SMILES string of the molecule is Cc1[nH]cnc1C(=O)Nc1ccc(C(N)=O)cc1. The van der Waals surface area contributed by atoms with Crippen LogP contribution in [0.3, 0.4) is 0 Å². The highest BCUT2D eigenvalue weighted by molar-refractivity contribution is 6.03. The van der Waals surface area contributed by atoms with Crippen molar-refractivity contribution in [3.05, 3.63) is 47.5 Å². The number of nitrogens with one attached hydrogen (secondary N) is 2. The molecule has 0 unspecified atom stereocenters. The lowest BCUT2D eigenvalue weighted by atomic mass is 10.2. The highest BCUT2D eigenvalue weighted by Gasteiger charge is 2.11. The summed E-state index contributed by atoms with van der Waals surface area (Å²) in [6, 6.07) is 6.32. The zero-order valence-electron chi connectivity index (χ0n) is 9.73. The molecule has 0 aliphatic heterocycles. The summed E-state index contributed by atoms with van der Waals surface area (Å²) in [5, 5.41) is 2.68. The van der Waals surface area contributed by atoms with Crippen LogP contribution in [0.2, 0.25) is 0 Å². The van der Waals surface area contributed by atoms with E-state index in [4.69, 9.17) is 5.73 Å². The third-order valence-corrected chi connectivity index (χ3v) is 2.47. The molecule has 0 aliphatic rings. The quantitative estimate of drug-likeness (QED) is 0.752. The van der Waals surface area contributed by atoms with E-state index >= 15 is 0 Å². The molecular formula is C12H12N4O2. The first-order chi connectivity index (χ1) is 8.58. The van der Waals surface area contributed by atoms with Gasteiger partial charge in [-0.15, -0.1) is 0 Å². The van der Waals surface area contributed by atoms with Crippen LogP contribution in [0.5, 0.6) is 0 Å². The molecule has 2 amide bonds. The number of aryl methyl sites for hydroxylation is 1. The van der Waals surface area contributed by atoms with Gasteiger partial charge in [0.05, 0.1) is 6.33 Å². The van der Waals surface area contributed by atoms with Gasteiger partial charge in [-0.1, -0.05) is 0 Å². The third kappa shape index (κ3) is 2.37. The van der Waals surface area contributed by atoms with Gasteiger partial charge in [0.1, 0.15) is 5.69 Å². The van der Waals surface area contributed by atoms with Gasteiger partial charge in [0.2, 0.25) is 5.91 Å². The molecule has 0 fully saturated rings. The smallest absolute Gasteiger partial charge is 0.276 e. The predicted molar refractivity (Wildman–Crippen MR) is 66.2 cm³/mol. The zero-order valence-corrected chi connectivity index (χ0v) is 9.73. The van der Waals surface area contributed by atoms with Crippen LogP contribution in [0, 0.1) is 6.92 Å². The average molecular weight is 244 g/mol. The second-order valence-electron chi connectivity index (χ2n) is 3.77. The molecule has 2 rings (SSSR count). The molecule has 0 saturated carbocycles. The molecule has 92 valence electrons. The van der Waals surface area contributed by atoms with E-state index < -0.39 is 5.91 Å². The number of carbonyl (C=O) groups is 2. The molecule has 6 heteroatoms.